The predicted octanol–water partition coefficient (Wildman–Crippen LogP) is 3.14. The van der Waals surface area contributed by atoms with Crippen molar-refractivity contribution in [2.45, 2.75) is 39.2 Å². The highest BCUT2D eigenvalue weighted by Gasteiger charge is 2.29. The first-order valence-corrected chi connectivity index (χ1v) is 7.74. The Morgan fingerprint density at radius 2 is 1.89 bits per heavy atom. The van der Waals surface area contributed by atoms with Gasteiger partial charge in [-0.25, -0.2) is 0 Å². The minimum Gasteiger partial charge on any atom is -0.385 e. The number of hydrogen-bond donors (Lipinski definition) is 1. The first-order valence-electron chi connectivity index (χ1n) is 7.74. The molecule has 0 spiro atoms. The van der Waals surface area contributed by atoms with Gasteiger partial charge in [-0.3, -0.25) is 9.88 Å². The Labute approximate surface area is 116 Å². The van der Waals surface area contributed by atoms with Crippen molar-refractivity contribution >= 4 is 5.69 Å². The number of rotatable bonds is 8. The van der Waals surface area contributed by atoms with Crippen LogP contribution in [0.4, 0.5) is 5.69 Å². The zero-order valence-electron chi connectivity index (χ0n) is 11.9. The summed E-state index contributed by atoms with van der Waals surface area (Å²) in [4.78, 5) is 7.17. The fourth-order valence-corrected chi connectivity index (χ4v) is 2.64. The Morgan fingerprint density at radius 1 is 1.21 bits per heavy atom. The molecule has 104 valence electrons. The van der Waals surface area contributed by atoms with E-state index in [1.807, 2.05) is 6.20 Å². The van der Waals surface area contributed by atoms with Crippen molar-refractivity contribution in [2.24, 2.45) is 11.8 Å². The number of pyridine rings is 1. The first kappa shape index (κ1) is 12.9. The van der Waals surface area contributed by atoms with Gasteiger partial charge in [-0.15, -0.1) is 0 Å². The molecule has 1 aromatic rings. The Balaban J connectivity index is 1.60. The number of nitrogens with zero attached hydrogens (tertiary/aromatic N) is 2. The standard InChI is InChI=1S/C16H25N3/c1-2-17-15-7-8-18-16(9-15)12-19(10-13-3-4-13)11-14-5-6-14/h7-9,13-14H,2-6,10-12H2,1H3,(H,17,18). The van der Waals surface area contributed by atoms with Gasteiger partial charge < -0.3 is 5.32 Å². The molecule has 1 heterocycles. The molecule has 0 saturated heterocycles. The minimum absolute atomic E-state index is 0.968. The van der Waals surface area contributed by atoms with Gasteiger partial charge in [-0.05, 0) is 56.6 Å². The zero-order valence-corrected chi connectivity index (χ0v) is 11.9. The second kappa shape index (κ2) is 5.91. The molecule has 3 nitrogen and oxygen atoms in total. The Hall–Kier alpha value is -1.09. The summed E-state index contributed by atoms with van der Waals surface area (Å²) in [7, 11) is 0. The quantitative estimate of drug-likeness (QED) is 0.777. The molecule has 2 saturated carbocycles. The molecule has 0 atom stereocenters. The van der Waals surface area contributed by atoms with Crippen molar-refractivity contribution < 1.29 is 0 Å². The van der Waals surface area contributed by atoms with Crippen LogP contribution in [0.15, 0.2) is 18.3 Å². The molecular weight excluding hydrogens is 234 g/mol. The van der Waals surface area contributed by atoms with Gasteiger partial charge in [0.15, 0.2) is 0 Å². The minimum atomic E-state index is 0.968. The molecule has 0 unspecified atom stereocenters. The lowest BCUT2D eigenvalue weighted by Crippen LogP contribution is -2.28. The van der Waals surface area contributed by atoms with Gasteiger partial charge in [0.25, 0.3) is 0 Å². The third-order valence-electron chi connectivity index (χ3n) is 4.01. The van der Waals surface area contributed by atoms with Crippen LogP contribution in [0.1, 0.15) is 38.3 Å². The van der Waals surface area contributed by atoms with Crippen LogP contribution in [0, 0.1) is 11.8 Å². The highest BCUT2D eigenvalue weighted by molar-refractivity contribution is 5.42. The van der Waals surface area contributed by atoms with Crippen LogP contribution in [-0.2, 0) is 6.54 Å². The maximum atomic E-state index is 4.54. The van der Waals surface area contributed by atoms with Crippen molar-refractivity contribution in [3.8, 4) is 0 Å². The molecule has 2 aliphatic rings. The summed E-state index contributed by atoms with van der Waals surface area (Å²) in [5.74, 6) is 1.94. The van der Waals surface area contributed by atoms with Crippen LogP contribution in [0.3, 0.4) is 0 Å². The lowest BCUT2D eigenvalue weighted by atomic mass is 10.2. The molecule has 2 fully saturated rings. The van der Waals surface area contributed by atoms with Crippen molar-refractivity contribution in [1.82, 2.24) is 9.88 Å². The summed E-state index contributed by atoms with van der Waals surface area (Å²) in [5.41, 5.74) is 2.41. The third kappa shape index (κ3) is 4.20. The summed E-state index contributed by atoms with van der Waals surface area (Å²) < 4.78 is 0. The zero-order chi connectivity index (χ0) is 13.1. The van der Waals surface area contributed by atoms with Gasteiger partial charge in [-0.2, -0.15) is 0 Å². The second-order valence-electron chi connectivity index (χ2n) is 6.15. The molecule has 0 amide bonds. The van der Waals surface area contributed by atoms with Crippen LogP contribution < -0.4 is 5.32 Å². The van der Waals surface area contributed by atoms with Gasteiger partial charge in [-0.1, -0.05) is 0 Å². The summed E-state index contributed by atoms with van der Waals surface area (Å²) in [6.45, 7) is 6.68. The van der Waals surface area contributed by atoms with E-state index in [-0.39, 0.29) is 0 Å². The van der Waals surface area contributed by atoms with E-state index in [4.69, 9.17) is 0 Å². The molecule has 2 aliphatic carbocycles. The largest absolute Gasteiger partial charge is 0.385 e. The number of hydrogen-bond acceptors (Lipinski definition) is 3. The lowest BCUT2D eigenvalue weighted by molar-refractivity contribution is 0.241. The Morgan fingerprint density at radius 3 is 2.47 bits per heavy atom. The molecule has 19 heavy (non-hydrogen) atoms. The fourth-order valence-electron chi connectivity index (χ4n) is 2.64. The van der Waals surface area contributed by atoms with E-state index < -0.39 is 0 Å². The van der Waals surface area contributed by atoms with Crippen LogP contribution in [0.25, 0.3) is 0 Å². The average molecular weight is 259 g/mol. The van der Waals surface area contributed by atoms with Crippen LogP contribution >= 0.6 is 0 Å². The number of nitrogens with one attached hydrogen (secondary N) is 1. The van der Waals surface area contributed by atoms with E-state index in [9.17, 15) is 0 Å². The summed E-state index contributed by atoms with van der Waals surface area (Å²) >= 11 is 0. The molecule has 0 radical (unpaired) electrons. The highest BCUT2D eigenvalue weighted by Crippen LogP contribution is 2.34. The maximum Gasteiger partial charge on any atom is 0.0564 e. The Bertz CT molecular complexity index is 396. The molecular formula is C16H25N3. The van der Waals surface area contributed by atoms with E-state index >= 15 is 0 Å². The maximum absolute atomic E-state index is 4.54. The van der Waals surface area contributed by atoms with E-state index in [0.29, 0.717) is 0 Å². The van der Waals surface area contributed by atoms with E-state index in [1.165, 1.54) is 50.2 Å². The molecule has 3 rings (SSSR count). The first-order chi connectivity index (χ1) is 9.33. The van der Waals surface area contributed by atoms with Gasteiger partial charge >= 0.3 is 0 Å². The van der Waals surface area contributed by atoms with Gasteiger partial charge in [0.1, 0.15) is 0 Å². The molecule has 1 N–H and O–H groups in total. The van der Waals surface area contributed by atoms with E-state index in [0.717, 1.165) is 24.9 Å². The average Bonchev–Trinajstić information content (AvgIpc) is 3.26. The molecule has 0 aromatic carbocycles. The third-order valence-corrected chi connectivity index (χ3v) is 4.01. The summed E-state index contributed by atoms with van der Waals surface area (Å²) in [5, 5.41) is 3.37. The molecule has 0 bridgehead atoms. The van der Waals surface area contributed by atoms with Gasteiger partial charge in [0.05, 0.1) is 5.69 Å². The molecule has 0 aliphatic heterocycles. The van der Waals surface area contributed by atoms with Crippen molar-refractivity contribution in [3.63, 3.8) is 0 Å². The van der Waals surface area contributed by atoms with E-state index in [1.54, 1.807) is 0 Å². The van der Waals surface area contributed by atoms with Gasteiger partial charge in [0, 0.05) is 38.1 Å². The van der Waals surface area contributed by atoms with Crippen LogP contribution in [0.2, 0.25) is 0 Å². The number of aromatic nitrogens is 1. The number of anilines is 1. The molecule has 3 heteroatoms. The topological polar surface area (TPSA) is 28.2 Å². The van der Waals surface area contributed by atoms with E-state index in [2.05, 4.69) is 34.3 Å². The van der Waals surface area contributed by atoms with Crippen LogP contribution in [0.5, 0.6) is 0 Å². The predicted molar refractivity (Wildman–Crippen MR) is 79.1 cm³/mol. The van der Waals surface area contributed by atoms with Crippen molar-refractivity contribution in [3.05, 3.63) is 24.0 Å². The SMILES string of the molecule is CCNc1ccnc(CN(CC2CC2)CC2CC2)c1. The monoisotopic (exact) mass is 259 g/mol. The normalized spacial score (nSPS) is 18.8. The van der Waals surface area contributed by atoms with Crippen LogP contribution in [-0.4, -0.2) is 29.5 Å². The Kier molecular flexibility index (Phi) is 4.02. The van der Waals surface area contributed by atoms with Crippen molar-refractivity contribution in [2.75, 3.05) is 25.0 Å². The fraction of sp³-hybridized carbons (Fsp3) is 0.688. The summed E-state index contributed by atoms with van der Waals surface area (Å²) in [6, 6.07) is 4.26. The molecule has 1 aromatic heterocycles. The lowest BCUT2D eigenvalue weighted by Gasteiger charge is -2.22. The second-order valence-corrected chi connectivity index (χ2v) is 6.15. The highest BCUT2D eigenvalue weighted by atomic mass is 15.1. The summed E-state index contributed by atoms with van der Waals surface area (Å²) in [6.07, 6.45) is 7.68. The van der Waals surface area contributed by atoms with Crippen molar-refractivity contribution in [1.29, 1.82) is 0 Å². The smallest absolute Gasteiger partial charge is 0.0564 e. The van der Waals surface area contributed by atoms with Gasteiger partial charge in [0.2, 0.25) is 0 Å².